The molecule has 0 aromatic heterocycles. The number of rotatable bonds is 4. The lowest BCUT2D eigenvalue weighted by atomic mass is 10.2. The number of carboxylic acids is 1. The molecule has 0 amide bonds. The van der Waals surface area contributed by atoms with E-state index in [4.69, 9.17) is 10.2 Å². The SMILES string of the molecule is CC(=CCN(C)c1ccc(O)cc1)C(=O)O. The predicted molar refractivity (Wildman–Crippen MR) is 62.8 cm³/mol. The van der Waals surface area contributed by atoms with Gasteiger partial charge in [0.1, 0.15) is 5.75 Å². The van der Waals surface area contributed by atoms with E-state index in [9.17, 15) is 4.79 Å². The van der Waals surface area contributed by atoms with Gasteiger partial charge in [-0.1, -0.05) is 6.08 Å². The summed E-state index contributed by atoms with van der Waals surface area (Å²) in [5.41, 5.74) is 1.25. The number of benzene rings is 1. The number of carboxylic acid groups (broad SMARTS) is 1. The fourth-order valence-electron chi connectivity index (χ4n) is 1.17. The first-order valence-corrected chi connectivity index (χ1v) is 4.91. The first-order valence-electron chi connectivity index (χ1n) is 4.91. The van der Waals surface area contributed by atoms with Crippen LogP contribution in [-0.4, -0.2) is 29.8 Å². The summed E-state index contributed by atoms with van der Waals surface area (Å²) >= 11 is 0. The van der Waals surface area contributed by atoms with Gasteiger partial charge in [0.15, 0.2) is 0 Å². The Bertz CT molecular complexity index is 395. The number of hydrogen-bond acceptors (Lipinski definition) is 3. The molecule has 0 aliphatic heterocycles. The van der Waals surface area contributed by atoms with Crippen LogP contribution in [0.3, 0.4) is 0 Å². The molecule has 4 heteroatoms. The topological polar surface area (TPSA) is 60.8 Å². The molecular weight excluding hydrogens is 206 g/mol. The van der Waals surface area contributed by atoms with E-state index in [0.29, 0.717) is 12.1 Å². The number of phenols is 1. The van der Waals surface area contributed by atoms with E-state index in [1.165, 1.54) is 0 Å². The minimum atomic E-state index is -0.904. The maximum atomic E-state index is 10.6. The van der Waals surface area contributed by atoms with Crippen LogP contribution in [0.4, 0.5) is 5.69 Å². The molecule has 0 saturated heterocycles. The summed E-state index contributed by atoms with van der Waals surface area (Å²) in [6.45, 7) is 2.08. The highest BCUT2D eigenvalue weighted by molar-refractivity contribution is 5.85. The van der Waals surface area contributed by atoms with Crippen LogP contribution in [0.2, 0.25) is 0 Å². The predicted octanol–water partition coefficient (Wildman–Crippen LogP) is 1.86. The molecule has 0 aliphatic rings. The van der Waals surface area contributed by atoms with Crippen LogP contribution in [0.1, 0.15) is 6.92 Å². The van der Waals surface area contributed by atoms with E-state index in [1.54, 1.807) is 37.3 Å². The maximum absolute atomic E-state index is 10.6. The normalized spacial score (nSPS) is 11.2. The molecule has 0 spiro atoms. The van der Waals surface area contributed by atoms with Crippen LogP contribution < -0.4 is 4.90 Å². The highest BCUT2D eigenvalue weighted by Crippen LogP contribution is 2.16. The largest absolute Gasteiger partial charge is 0.508 e. The quantitative estimate of drug-likeness (QED) is 0.762. The van der Waals surface area contributed by atoms with Crippen molar-refractivity contribution in [1.82, 2.24) is 0 Å². The van der Waals surface area contributed by atoms with E-state index in [-0.39, 0.29) is 5.75 Å². The average Bonchev–Trinajstić information content (AvgIpc) is 2.26. The number of aliphatic carboxylic acids is 1. The van der Waals surface area contributed by atoms with E-state index >= 15 is 0 Å². The zero-order valence-electron chi connectivity index (χ0n) is 9.34. The van der Waals surface area contributed by atoms with Crippen molar-refractivity contribution in [2.24, 2.45) is 0 Å². The molecule has 0 saturated carbocycles. The molecule has 0 unspecified atom stereocenters. The Morgan fingerprint density at radius 1 is 1.38 bits per heavy atom. The zero-order chi connectivity index (χ0) is 12.1. The number of hydrogen-bond donors (Lipinski definition) is 2. The van der Waals surface area contributed by atoms with Crippen LogP contribution in [0.5, 0.6) is 5.75 Å². The van der Waals surface area contributed by atoms with Crippen LogP contribution in [0.15, 0.2) is 35.9 Å². The second-order valence-corrected chi connectivity index (χ2v) is 3.59. The number of anilines is 1. The summed E-state index contributed by atoms with van der Waals surface area (Å²) in [5, 5.41) is 17.8. The summed E-state index contributed by atoms with van der Waals surface area (Å²) < 4.78 is 0. The number of carbonyl (C=O) groups is 1. The van der Waals surface area contributed by atoms with E-state index in [1.807, 2.05) is 11.9 Å². The summed E-state index contributed by atoms with van der Waals surface area (Å²) in [5.74, 6) is -0.687. The maximum Gasteiger partial charge on any atom is 0.331 e. The average molecular weight is 221 g/mol. The van der Waals surface area contributed by atoms with Gasteiger partial charge in [-0.25, -0.2) is 4.79 Å². The molecule has 2 N–H and O–H groups in total. The molecular formula is C12H15NO3. The van der Waals surface area contributed by atoms with Gasteiger partial charge in [0.05, 0.1) is 0 Å². The molecule has 0 radical (unpaired) electrons. The van der Waals surface area contributed by atoms with Crippen LogP contribution >= 0.6 is 0 Å². The Kier molecular flexibility index (Phi) is 3.94. The minimum Gasteiger partial charge on any atom is -0.508 e. The van der Waals surface area contributed by atoms with Crippen LogP contribution in [0, 0.1) is 0 Å². The Morgan fingerprint density at radius 2 is 1.94 bits per heavy atom. The molecule has 1 aromatic carbocycles. The van der Waals surface area contributed by atoms with Crippen molar-refractivity contribution in [1.29, 1.82) is 0 Å². The van der Waals surface area contributed by atoms with Crippen molar-refractivity contribution in [3.05, 3.63) is 35.9 Å². The van der Waals surface area contributed by atoms with Crippen molar-refractivity contribution in [2.45, 2.75) is 6.92 Å². The van der Waals surface area contributed by atoms with E-state index in [0.717, 1.165) is 5.69 Å². The lowest BCUT2D eigenvalue weighted by molar-refractivity contribution is -0.132. The van der Waals surface area contributed by atoms with Gasteiger partial charge in [0.25, 0.3) is 0 Å². The monoisotopic (exact) mass is 221 g/mol. The van der Waals surface area contributed by atoms with Gasteiger partial charge < -0.3 is 15.1 Å². The van der Waals surface area contributed by atoms with Crippen molar-refractivity contribution in [3.8, 4) is 5.75 Å². The smallest absolute Gasteiger partial charge is 0.331 e. The minimum absolute atomic E-state index is 0.217. The first kappa shape index (κ1) is 12.1. The molecule has 0 fully saturated rings. The van der Waals surface area contributed by atoms with Crippen LogP contribution in [-0.2, 0) is 4.79 Å². The molecule has 0 heterocycles. The molecule has 1 aromatic rings. The van der Waals surface area contributed by atoms with Crippen LogP contribution in [0.25, 0.3) is 0 Å². The van der Waals surface area contributed by atoms with Gasteiger partial charge in [0, 0.05) is 24.9 Å². The van der Waals surface area contributed by atoms with Crippen molar-refractivity contribution < 1.29 is 15.0 Å². The number of likely N-dealkylation sites (N-methyl/N-ethyl adjacent to an activating group) is 1. The summed E-state index contributed by atoms with van der Waals surface area (Å²) in [6.07, 6.45) is 1.65. The number of nitrogens with zero attached hydrogens (tertiary/aromatic N) is 1. The third-order valence-corrected chi connectivity index (χ3v) is 2.30. The lowest BCUT2D eigenvalue weighted by Crippen LogP contribution is -2.17. The second kappa shape index (κ2) is 5.21. The fraction of sp³-hybridized carbons (Fsp3) is 0.250. The van der Waals surface area contributed by atoms with Gasteiger partial charge in [-0.15, -0.1) is 0 Å². The second-order valence-electron chi connectivity index (χ2n) is 3.59. The Morgan fingerprint density at radius 3 is 2.44 bits per heavy atom. The molecule has 1 rings (SSSR count). The summed E-state index contributed by atoms with van der Waals surface area (Å²) in [4.78, 5) is 12.5. The summed E-state index contributed by atoms with van der Waals surface area (Å²) in [6, 6.07) is 6.75. The van der Waals surface area contributed by atoms with Crippen molar-refractivity contribution in [2.75, 3.05) is 18.5 Å². The Labute approximate surface area is 94.4 Å². The highest BCUT2D eigenvalue weighted by Gasteiger charge is 2.02. The molecule has 4 nitrogen and oxygen atoms in total. The number of phenolic OH excluding ortho intramolecular Hbond substituents is 1. The standard InChI is InChI=1S/C12H15NO3/c1-9(12(15)16)7-8-13(2)10-3-5-11(14)6-4-10/h3-7,14H,8H2,1-2H3,(H,15,16). The third kappa shape index (κ3) is 3.31. The molecule has 0 aliphatic carbocycles. The van der Waals surface area contributed by atoms with Gasteiger partial charge >= 0.3 is 5.97 Å². The molecule has 16 heavy (non-hydrogen) atoms. The van der Waals surface area contributed by atoms with Crippen molar-refractivity contribution >= 4 is 11.7 Å². The van der Waals surface area contributed by atoms with Gasteiger partial charge in [0.2, 0.25) is 0 Å². The van der Waals surface area contributed by atoms with Crippen molar-refractivity contribution in [3.63, 3.8) is 0 Å². The fourth-order valence-corrected chi connectivity index (χ4v) is 1.17. The van der Waals surface area contributed by atoms with Gasteiger partial charge in [-0.2, -0.15) is 0 Å². The Balaban J connectivity index is 2.66. The van der Waals surface area contributed by atoms with E-state index < -0.39 is 5.97 Å². The lowest BCUT2D eigenvalue weighted by Gasteiger charge is -2.17. The highest BCUT2D eigenvalue weighted by atomic mass is 16.4. The van der Waals surface area contributed by atoms with Gasteiger partial charge in [-0.05, 0) is 31.2 Å². The van der Waals surface area contributed by atoms with Gasteiger partial charge in [-0.3, -0.25) is 0 Å². The third-order valence-electron chi connectivity index (χ3n) is 2.30. The zero-order valence-corrected chi connectivity index (χ0v) is 9.34. The summed E-state index contributed by atoms with van der Waals surface area (Å²) in [7, 11) is 1.86. The molecule has 0 atom stereocenters. The molecule has 86 valence electrons. The molecule has 0 bridgehead atoms. The number of aromatic hydroxyl groups is 1. The Hall–Kier alpha value is -1.97. The van der Waals surface area contributed by atoms with E-state index in [2.05, 4.69) is 0 Å². The first-order chi connectivity index (χ1) is 7.50.